The van der Waals surface area contributed by atoms with Gasteiger partial charge in [0.2, 0.25) is 0 Å². The molecule has 0 bridgehead atoms. The Kier molecular flexibility index (Phi) is 19.8. The van der Waals surface area contributed by atoms with E-state index in [4.69, 9.17) is 23.9 Å². The van der Waals surface area contributed by atoms with Crippen molar-refractivity contribution in [3.63, 3.8) is 0 Å². The van der Waals surface area contributed by atoms with Crippen molar-refractivity contribution in [1.82, 2.24) is 14.1 Å². The monoisotopic (exact) mass is 885 g/mol. The minimum atomic E-state index is -4.14. The van der Waals surface area contributed by atoms with Crippen molar-refractivity contribution in [1.29, 1.82) is 0 Å². The molecule has 1 aliphatic rings. The van der Waals surface area contributed by atoms with Crippen LogP contribution < -0.4 is 19.5 Å². The number of carbonyl (C=O) groups excluding carboxylic acids is 2. The maximum atomic E-state index is 14.7. The van der Waals surface area contributed by atoms with E-state index in [1.807, 2.05) is 37.3 Å². The molecule has 14 heteroatoms. The summed E-state index contributed by atoms with van der Waals surface area (Å²) in [6.45, 7) is 4.95. The second kappa shape index (κ2) is 25.7. The first-order valence-electron chi connectivity index (χ1n) is 22.8. The van der Waals surface area contributed by atoms with Crippen LogP contribution in [0.4, 0.5) is 11.4 Å². The predicted octanol–water partition coefficient (Wildman–Crippen LogP) is 11.0. The number of hydrogen-bond acceptors (Lipinski definition) is 10. The molecular weight excluding hydrogens is 819 g/mol. The van der Waals surface area contributed by atoms with Crippen LogP contribution in [0.5, 0.6) is 17.2 Å². The van der Waals surface area contributed by atoms with Crippen LogP contribution in [-0.4, -0.2) is 74.2 Å². The van der Waals surface area contributed by atoms with Crippen molar-refractivity contribution < 1.29 is 37.0 Å². The number of nitrogens with one attached hydrogen (secondary N) is 1. The molecule has 0 fully saturated rings. The van der Waals surface area contributed by atoms with Crippen molar-refractivity contribution in [3.8, 4) is 17.2 Å². The molecule has 2 heterocycles. The maximum absolute atomic E-state index is 14.7. The number of carbonyl (C=O) groups is 2. The Hall–Kier alpha value is -5.37. The molecule has 0 spiro atoms. The van der Waals surface area contributed by atoms with Crippen LogP contribution in [0.15, 0.2) is 89.0 Å². The SMILES string of the molecule is CCCCCCCCCCCCCCCCCCN1C(C(C(=O)Nc2cc(C)ccc2OCCCOc2ccc(OC)cc2)n2cc(C(=O)OC)cn2)=Nc2ccccc2S1(=O)=O. The lowest BCUT2D eigenvalue weighted by Crippen LogP contribution is -2.47. The Bertz CT molecular complexity index is 2170. The number of aliphatic imine (C=N–C) groups is 1. The van der Waals surface area contributed by atoms with Gasteiger partial charge in [0.15, 0.2) is 11.9 Å². The van der Waals surface area contributed by atoms with E-state index in [1.54, 1.807) is 37.4 Å². The first-order valence-corrected chi connectivity index (χ1v) is 24.2. The van der Waals surface area contributed by atoms with Gasteiger partial charge in [-0.15, -0.1) is 0 Å². The van der Waals surface area contributed by atoms with Gasteiger partial charge in [-0.3, -0.25) is 13.8 Å². The van der Waals surface area contributed by atoms with Crippen molar-refractivity contribution in [3.05, 3.63) is 90.3 Å². The minimum Gasteiger partial charge on any atom is -0.497 e. The molecule has 0 radical (unpaired) electrons. The molecule has 13 nitrogen and oxygen atoms in total. The van der Waals surface area contributed by atoms with E-state index in [1.165, 1.54) is 105 Å². The number of anilines is 1. The number of rotatable bonds is 29. The predicted molar refractivity (Wildman–Crippen MR) is 248 cm³/mol. The Labute approximate surface area is 374 Å². The van der Waals surface area contributed by atoms with Gasteiger partial charge in [0.1, 0.15) is 22.1 Å². The molecule has 1 amide bonds. The van der Waals surface area contributed by atoms with E-state index in [2.05, 4.69) is 17.3 Å². The maximum Gasteiger partial charge on any atom is 0.341 e. The Morgan fingerprint density at radius 1 is 0.730 bits per heavy atom. The van der Waals surface area contributed by atoms with Crippen molar-refractivity contribution >= 4 is 39.1 Å². The number of unbranched alkanes of at least 4 members (excludes halogenated alkanes) is 15. The lowest BCUT2D eigenvalue weighted by Gasteiger charge is -2.33. The van der Waals surface area contributed by atoms with Crippen molar-refractivity contribution in [2.45, 2.75) is 134 Å². The summed E-state index contributed by atoms with van der Waals surface area (Å²) in [6.07, 6.45) is 22.3. The van der Waals surface area contributed by atoms with Crippen LogP contribution in [-0.2, 0) is 19.6 Å². The van der Waals surface area contributed by atoms with Crippen molar-refractivity contribution in [2.24, 2.45) is 4.99 Å². The summed E-state index contributed by atoms with van der Waals surface area (Å²) in [5.41, 5.74) is 1.55. The average molecular weight is 886 g/mol. The zero-order chi connectivity index (χ0) is 44.9. The van der Waals surface area contributed by atoms with Crippen molar-refractivity contribution in [2.75, 3.05) is 39.3 Å². The number of ether oxygens (including phenoxy) is 4. The number of benzene rings is 3. The van der Waals surface area contributed by atoms with Gasteiger partial charge in [0.05, 0.1) is 50.6 Å². The lowest BCUT2D eigenvalue weighted by atomic mass is 10.0. The molecule has 63 heavy (non-hydrogen) atoms. The largest absolute Gasteiger partial charge is 0.497 e. The number of nitrogens with zero attached hydrogens (tertiary/aromatic N) is 4. The van der Waals surface area contributed by atoms with Gasteiger partial charge in [-0.2, -0.15) is 5.10 Å². The number of aromatic nitrogens is 2. The van der Waals surface area contributed by atoms with Crippen LogP contribution >= 0.6 is 0 Å². The molecular formula is C49H67N5O8S. The molecule has 4 aromatic rings. The van der Waals surface area contributed by atoms with Gasteiger partial charge in [-0.05, 0) is 67.4 Å². The quantitative estimate of drug-likeness (QED) is 0.0415. The fourth-order valence-electron chi connectivity index (χ4n) is 7.65. The summed E-state index contributed by atoms with van der Waals surface area (Å²) in [4.78, 5) is 32.2. The fourth-order valence-corrected chi connectivity index (χ4v) is 9.28. The van der Waals surface area contributed by atoms with Gasteiger partial charge >= 0.3 is 5.97 Å². The number of fused-ring (bicyclic) bond motifs is 1. The van der Waals surface area contributed by atoms with Crippen LogP contribution in [0.25, 0.3) is 0 Å². The summed E-state index contributed by atoms with van der Waals surface area (Å²) >= 11 is 0. The van der Waals surface area contributed by atoms with Gasteiger partial charge in [-0.25, -0.2) is 18.2 Å². The van der Waals surface area contributed by atoms with E-state index in [-0.39, 0.29) is 28.5 Å². The van der Waals surface area contributed by atoms with E-state index in [0.29, 0.717) is 43.2 Å². The highest BCUT2D eigenvalue weighted by Crippen LogP contribution is 2.36. The number of methoxy groups -OCH3 is 2. The van der Waals surface area contributed by atoms with Crippen LogP contribution in [0, 0.1) is 6.92 Å². The molecule has 0 saturated carbocycles. The smallest absolute Gasteiger partial charge is 0.341 e. The highest BCUT2D eigenvalue weighted by molar-refractivity contribution is 7.90. The van der Waals surface area contributed by atoms with E-state index in [9.17, 15) is 18.0 Å². The van der Waals surface area contributed by atoms with E-state index >= 15 is 0 Å². The third-order valence-corrected chi connectivity index (χ3v) is 13.0. The molecule has 1 atom stereocenters. The highest BCUT2D eigenvalue weighted by atomic mass is 32.2. The van der Waals surface area contributed by atoms with Gasteiger partial charge in [0.25, 0.3) is 15.9 Å². The second-order valence-corrected chi connectivity index (χ2v) is 18.0. The van der Waals surface area contributed by atoms with Gasteiger partial charge in [-0.1, -0.05) is 121 Å². The standard InChI is InChI=1S/C49H67N5O8S/c1-5-6-7-8-9-10-11-12-13-14-15-16-17-18-19-22-32-54-47(51-42-24-20-21-25-45(42)63(54,57)58)46(53-37-39(36-50-53)49(56)60-4)48(55)52-43-35-38(2)26-31-44(43)62-34-23-33-61-41-29-27-40(59-3)28-30-41/h20-21,24-31,35-37,46H,5-19,22-23,32-34H2,1-4H3,(H,52,55). The number of sulfonamides is 1. The molecule has 0 saturated heterocycles. The topological polar surface area (TPSA) is 151 Å². The number of para-hydroxylation sites is 1. The second-order valence-electron chi connectivity index (χ2n) is 16.1. The number of hydrogen-bond donors (Lipinski definition) is 1. The molecule has 0 aliphatic carbocycles. The molecule has 3 aromatic carbocycles. The fraction of sp³-hybridized carbons (Fsp3) is 0.510. The molecule has 1 aliphatic heterocycles. The van der Waals surface area contributed by atoms with Gasteiger partial charge < -0.3 is 24.3 Å². The number of aryl methyl sites for hydroxylation is 1. The Morgan fingerprint density at radius 3 is 1.97 bits per heavy atom. The summed E-state index contributed by atoms with van der Waals surface area (Å²) in [5.74, 6) is 0.554. The summed E-state index contributed by atoms with van der Waals surface area (Å²) in [6, 6.07) is 17.9. The van der Waals surface area contributed by atoms with E-state index < -0.39 is 27.9 Å². The normalized spacial score (nSPS) is 13.5. The first kappa shape index (κ1) is 48.7. The number of amidine groups is 1. The van der Waals surface area contributed by atoms with Crippen LogP contribution in [0.1, 0.15) is 138 Å². The molecule has 342 valence electrons. The Balaban J connectivity index is 1.26. The summed E-state index contributed by atoms with van der Waals surface area (Å²) in [7, 11) is -1.27. The van der Waals surface area contributed by atoms with Crippen LogP contribution in [0.2, 0.25) is 0 Å². The van der Waals surface area contributed by atoms with Crippen LogP contribution in [0.3, 0.4) is 0 Å². The Morgan fingerprint density at radius 2 is 1.33 bits per heavy atom. The minimum absolute atomic E-state index is 0.0301. The van der Waals surface area contributed by atoms with E-state index in [0.717, 1.165) is 37.0 Å². The highest BCUT2D eigenvalue weighted by Gasteiger charge is 2.41. The lowest BCUT2D eigenvalue weighted by molar-refractivity contribution is -0.117. The summed E-state index contributed by atoms with van der Waals surface area (Å²) < 4.78 is 53.5. The molecule has 5 rings (SSSR count). The third-order valence-electron chi connectivity index (χ3n) is 11.2. The number of esters is 1. The third kappa shape index (κ3) is 14.6. The average Bonchev–Trinajstić information content (AvgIpc) is 3.77. The van der Waals surface area contributed by atoms with Gasteiger partial charge in [0, 0.05) is 19.2 Å². The molecule has 1 unspecified atom stereocenters. The molecule has 1 aromatic heterocycles. The zero-order valence-electron chi connectivity index (χ0n) is 37.7. The molecule has 1 N–H and O–H groups in total. The first-order chi connectivity index (χ1) is 30.7. The summed E-state index contributed by atoms with van der Waals surface area (Å²) in [5, 5.41) is 7.37. The zero-order valence-corrected chi connectivity index (χ0v) is 38.5. The number of amides is 1.